The predicted octanol–water partition coefficient (Wildman–Crippen LogP) is 1.43. The van der Waals surface area contributed by atoms with E-state index in [1.807, 2.05) is 0 Å². The van der Waals surface area contributed by atoms with Gasteiger partial charge in [0, 0.05) is 13.0 Å². The molecule has 4 heteroatoms. The van der Waals surface area contributed by atoms with E-state index in [1.54, 1.807) is 0 Å². The number of nitrogens with zero attached hydrogens (tertiary/aromatic N) is 1. The maximum absolute atomic E-state index is 5.55. The first-order valence-electron chi connectivity index (χ1n) is 7.59. The molecular weight excluding hydrogens is 252 g/mol. The molecule has 1 saturated heterocycles. The summed E-state index contributed by atoms with van der Waals surface area (Å²) in [5.74, 6) is 1.08. The second-order valence-corrected chi connectivity index (χ2v) is 5.67. The van der Waals surface area contributed by atoms with Gasteiger partial charge in [-0.1, -0.05) is 12.1 Å². The summed E-state index contributed by atoms with van der Waals surface area (Å²) in [6.07, 6.45) is 3.74. The first-order valence-corrected chi connectivity index (χ1v) is 7.59. The lowest BCUT2D eigenvalue weighted by Gasteiger charge is -2.32. The summed E-state index contributed by atoms with van der Waals surface area (Å²) >= 11 is 0. The fraction of sp³-hybridized carbons (Fsp3) is 0.625. The number of nitrogens with one attached hydrogen (secondary N) is 1. The minimum Gasteiger partial charge on any atom is -0.493 e. The molecule has 2 heterocycles. The molecule has 1 N–H and O–H groups in total. The molecule has 0 aromatic heterocycles. The van der Waals surface area contributed by atoms with Crippen LogP contribution in [0.4, 0.5) is 0 Å². The largest absolute Gasteiger partial charge is 0.493 e. The zero-order chi connectivity index (χ0) is 13.8. The minimum atomic E-state index is 0.372. The lowest BCUT2D eigenvalue weighted by atomic mass is 10.0. The lowest BCUT2D eigenvalue weighted by Crippen LogP contribution is -2.51. The Morgan fingerprint density at radius 3 is 3.15 bits per heavy atom. The number of ether oxygens (including phenoxy) is 2. The molecule has 2 aliphatic heterocycles. The summed E-state index contributed by atoms with van der Waals surface area (Å²) in [4.78, 5) is 2.36. The number of hydrogen-bond donors (Lipinski definition) is 1. The van der Waals surface area contributed by atoms with Crippen molar-refractivity contribution < 1.29 is 9.47 Å². The van der Waals surface area contributed by atoms with E-state index < -0.39 is 0 Å². The Labute approximate surface area is 121 Å². The molecule has 3 rings (SSSR count). The fourth-order valence-electron chi connectivity index (χ4n) is 2.92. The van der Waals surface area contributed by atoms with E-state index in [0.717, 1.165) is 51.5 Å². The van der Waals surface area contributed by atoms with Crippen molar-refractivity contribution in [2.24, 2.45) is 0 Å². The van der Waals surface area contributed by atoms with E-state index in [4.69, 9.17) is 9.47 Å². The Balaban J connectivity index is 1.45. The molecular formula is C16H24N2O2. The van der Waals surface area contributed by atoms with Gasteiger partial charge in [-0.15, -0.1) is 0 Å². The third-order valence-electron chi connectivity index (χ3n) is 4.16. The lowest BCUT2D eigenvalue weighted by molar-refractivity contribution is 0.0191. The Bertz CT molecular complexity index is 444. The Kier molecular flexibility index (Phi) is 4.55. The predicted molar refractivity (Wildman–Crippen MR) is 79.2 cm³/mol. The number of hydrogen-bond acceptors (Lipinski definition) is 4. The molecule has 0 amide bonds. The molecule has 4 nitrogen and oxygen atoms in total. The number of morpholine rings is 1. The highest BCUT2D eigenvalue weighted by Gasteiger charge is 2.17. The molecule has 20 heavy (non-hydrogen) atoms. The van der Waals surface area contributed by atoms with E-state index in [1.165, 1.54) is 17.5 Å². The first kappa shape index (κ1) is 13.9. The van der Waals surface area contributed by atoms with E-state index in [9.17, 15) is 0 Å². The quantitative estimate of drug-likeness (QED) is 0.882. The van der Waals surface area contributed by atoms with Gasteiger partial charge in [-0.3, -0.25) is 10.2 Å². The van der Waals surface area contributed by atoms with Crippen molar-refractivity contribution in [3.05, 3.63) is 29.3 Å². The van der Waals surface area contributed by atoms with Crippen molar-refractivity contribution in [2.75, 3.05) is 40.0 Å². The standard InChI is InChI=1S/C16H24N2O2/c1-18(16-12-19-10-7-17-16)8-2-3-13-4-5-15-14(11-13)6-9-20-15/h4-5,11,16-17H,2-3,6-10,12H2,1H3. The van der Waals surface area contributed by atoms with Crippen LogP contribution in [0.5, 0.6) is 5.75 Å². The second-order valence-electron chi connectivity index (χ2n) is 5.67. The van der Waals surface area contributed by atoms with Crippen molar-refractivity contribution in [1.82, 2.24) is 10.2 Å². The van der Waals surface area contributed by atoms with Gasteiger partial charge < -0.3 is 9.47 Å². The monoisotopic (exact) mass is 276 g/mol. The summed E-state index contributed by atoms with van der Waals surface area (Å²) in [5.41, 5.74) is 2.80. The summed E-state index contributed by atoms with van der Waals surface area (Å²) in [5, 5.41) is 3.49. The first-order chi connectivity index (χ1) is 9.83. The van der Waals surface area contributed by atoms with Gasteiger partial charge in [-0.2, -0.15) is 0 Å². The van der Waals surface area contributed by atoms with Crippen LogP contribution in [0.25, 0.3) is 0 Å². The average molecular weight is 276 g/mol. The summed E-state index contributed by atoms with van der Waals surface area (Å²) in [6.45, 7) is 4.53. The molecule has 1 atom stereocenters. The third kappa shape index (κ3) is 3.32. The van der Waals surface area contributed by atoms with E-state index in [2.05, 4.69) is 35.5 Å². The van der Waals surface area contributed by atoms with Gasteiger partial charge >= 0.3 is 0 Å². The van der Waals surface area contributed by atoms with Gasteiger partial charge in [0.1, 0.15) is 5.75 Å². The van der Waals surface area contributed by atoms with Gasteiger partial charge in [-0.25, -0.2) is 0 Å². The molecule has 1 fully saturated rings. The molecule has 1 unspecified atom stereocenters. The van der Waals surface area contributed by atoms with Crippen LogP contribution in [0.2, 0.25) is 0 Å². The van der Waals surface area contributed by atoms with Crippen molar-refractivity contribution in [3.63, 3.8) is 0 Å². The molecule has 110 valence electrons. The smallest absolute Gasteiger partial charge is 0.122 e. The van der Waals surface area contributed by atoms with Crippen LogP contribution in [0.15, 0.2) is 18.2 Å². The maximum Gasteiger partial charge on any atom is 0.122 e. The van der Waals surface area contributed by atoms with Crippen LogP contribution in [-0.4, -0.2) is 51.0 Å². The number of rotatable bonds is 5. The summed E-state index contributed by atoms with van der Waals surface area (Å²) in [6, 6.07) is 6.63. The molecule has 0 radical (unpaired) electrons. The second kappa shape index (κ2) is 6.57. The van der Waals surface area contributed by atoms with Crippen LogP contribution >= 0.6 is 0 Å². The molecule has 2 aliphatic rings. The van der Waals surface area contributed by atoms with Crippen molar-refractivity contribution in [3.8, 4) is 5.75 Å². The topological polar surface area (TPSA) is 33.7 Å². The van der Waals surface area contributed by atoms with Crippen molar-refractivity contribution >= 4 is 0 Å². The van der Waals surface area contributed by atoms with Gasteiger partial charge in [0.15, 0.2) is 0 Å². The van der Waals surface area contributed by atoms with Gasteiger partial charge in [0.2, 0.25) is 0 Å². The van der Waals surface area contributed by atoms with Crippen LogP contribution in [0, 0.1) is 0 Å². The number of benzene rings is 1. The zero-order valence-corrected chi connectivity index (χ0v) is 12.2. The molecule has 0 saturated carbocycles. The van der Waals surface area contributed by atoms with Crippen LogP contribution in [0.3, 0.4) is 0 Å². The Morgan fingerprint density at radius 1 is 1.35 bits per heavy atom. The van der Waals surface area contributed by atoms with Crippen LogP contribution in [0.1, 0.15) is 17.5 Å². The molecule has 0 aliphatic carbocycles. The van der Waals surface area contributed by atoms with E-state index in [-0.39, 0.29) is 0 Å². The van der Waals surface area contributed by atoms with Crippen molar-refractivity contribution in [1.29, 1.82) is 0 Å². The summed E-state index contributed by atoms with van der Waals surface area (Å²) in [7, 11) is 2.17. The maximum atomic E-state index is 5.55. The van der Waals surface area contributed by atoms with Gasteiger partial charge in [-0.05, 0) is 43.6 Å². The Morgan fingerprint density at radius 2 is 2.30 bits per heavy atom. The highest BCUT2D eigenvalue weighted by Crippen LogP contribution is 2.26. The number of aryl methyl sites for hydroxylation is 1. The number of likely N-dealkylation sites (N-methyl/N-ethyl adjacent to an activating group) is 1. The highest BCUT2D eigenvalue weighted by atomic mass is 16.5. The van der Waals surface area contributed by atoms with Gasteiger partial charge in [0.05, 0.1) is 26.0 Å². The minimum absolute atomic E-state index is 0.372. The molecule has 1 aromatic rings. The fourth-order valence-corrected chi connectivity index (χ4v) is 2.92. The number of fused-ring (bicyclic) bond motifs is 1. The van der Waals surface area contributed by atoms with E-state index >= 15 is 0 Å². The summed E-state index contributed by atoms with van der Waals surface area (Å²) < 4.78 is 11.0. The Hall–Kier alpha value is -1.10. The average Bonchev–Trinajstić information content (AvgIpc) is 2.95. The normalized spacial score (nSPS) is 21.8. The highest BCUT2D eigenvalue weighted by molar-refractivity contribution is 5.39. The van der Waals surface area contributed by atoms with Crippen molar-refractivity contribution in [2.45, 2.75) is 25.4 Å². The molecule has 0 bridgehead atoms. The molecule has 0 spiro atoms. The van der Waals surface area contributed by atoms with Crippen LogP contribution in [-0.2, 0) is 17.6 Å². The third-order valence-corrected chi connectivity index (χ3v) is 4.16. The van der Waals surface area contributed by atoms with Crippen LogP contribution < -0.4 is 10.1 Å². The molecule has 1 aromatic carbocycles. The van der Waals surface area contributed by atoms with E-state index in [0.29, 0.717) is 6.17 Å². The SMILES string of the molecule is CN(CCCc1ccc2c(c1)CCO2)C1COCCN1. The zero-order valence-electron chi connectivity index (χ0n) is 12.2. The van der Waals surface area contributed by atoms with Gasteiger partial charge in [0.25, 0.3) is 0 Å².